The minimum atomic E-state index is 0.102. The maximum Gasteiger partial charge on any atom is 0.236 e. The Balaban J connectivity index is 1.35. The first-order valence-corrected chi connectivity index (χ1v) is 12.7. The van der Waals surface area contributed by atoms with Gasteiger partial charge < -0.3 is 19.3 Å². The highest BCUT2D eigenvalue weighted by Gasteiger charge is 2.23. The number of pyridine rings is 2. The molecule has 2 aromatic rings. The first kappa shape index (κ1) is 24.8. The molecule has 0 unspecified atom stereocenters. The highest BCUT2D eigenvalue weighted by molar-refractivity contribution is 5.78. The van der Waals surface area contributed by atoms with Gasteiger partial charge in [0.05, 0.1) is 62.3 Å². The molecule has 10 nitrogen and oxygen atoms in total. The molecule has 36 heavy (non-hydrogen) atoms. The van der Waals surface area contributed by atoms with E-state index in [0.717, 1.165) is 22.8 Å². The quantitative estimate of drug-likeness (QED) is 0.608. The topological polar surface area (TPSA) is 91.3 Å². The zero-order valence-electron chi connectivity index (χ0n) is 20.7. The third kappa shape index (κ3) is 6.64. The molecule has 0 radical (unpaired) electrons. The molecule has 2 saturated heterocycles. The van der Waals surface area contributed by atoms with Gasteiger partial charge in [0.25, 0.3) is 0 Å². The lowest BCUT2D eigenvalue weighted by Gasteiger charge is -2.31. The van der Waals surface area contributed by atoms with Crippen LogP contribution < -0.4 is 0 Å². The van der Waals surface area contributed by atoms with Crippen LogP contribution in [0.25, 0.3) is 0 Å². The van der Waals surface area contributed by atoms with Gasteiger partial charge in [0.2, 0.25) is 11.8 Å². The van der Waals surface area contributed by atoms with E-state index in [1.54, 1.807) is 0 Å². The van der Waals surface area contributed by atoms with Crippen LogP contribution >= 0.6 is 0 Å². The Bertz CT molecular complexity index is 928. The van der Waals surface area contributed by atoms with Gasteiger partial charge in [0.15, 0.2) is 0 Å². The largest absolute Gasteiger partial charge is 0.378 e. The lowest BCUT2D eigenvalue weighted by atomic mass is 10.2. The fourth-order valence-electron chi connectivity index (χ4n) is 4.87. The second-order valence-electron chi connectivity index (χ2n) is 9.52. The van der Waals surface area contributed by atoms with Gasteiger partial charge in [-0.25, -0.2) is 0 Å². The molecule has 0 aromatic carbocycles. The van der Waals surface area contributed by atoms with Gasteiger partial charge in [-0.3, -0.25) is 29.4 Å². The van der Waals surface area contributed by atoms with Crippen LogP contribution in [0, 0.1) is 0 Å². The van der Waals surface area contributed by atoms with Gasteiger partial charge in [-0.15, -0.1) is 0 Å². The number of hydrogen-bond donors (Lipinski definition) is 0. The van der Waals surface area contributed by atoms with Crippen LogP contribution in [0.4, 0.5) is 0 Å². The van der Waals surface area contributed by atoms with Gasteiger partial charge in [-0.2, -0.15) is 0 Å². The molecule has 0 aliphatic carbocycles. The zero-order valence-corrected chi connectivity index (χ0v) is 20.7. The monoisotopic (exact) mass is 494 g/mol. The maximum absolute atomic E-state index is 13.0. The summed E-state index contributed by atoms with van der Waals surface area (Å²) in [6.45, 7) is 7.66. The molecule has 2 aromatic heterocycles. The summed E-state index contributed by atoms with van der Waals surface area (Å²) in [5.41, 5.74) is 3.61. The number of ether oxygens (including phenoxy) is 2. The highest BCUT2D eigenvalue weighted by atomic mass is 16.5. The molecule has 5 rings (SSSR count). The summed E-state index contributed by atoms with van der Waals surface area (Å²) in [5, 5.41) is 0. The summed E-state index contributed by atoms with van der Waals surface area (Å²) in [6.07, 6.45) is 0. The van der Waals surface area contributed by atoms with E-state index in [9.17, 15) is 9.59 Å². The number of morpholine rings is 2. The molecule has 5 heterocycles. The fraction of sp³-hybridized carbons (Fsp3) is 0.538. The number of nitrogens with zero attached hydrogens (tertiary/aromatic N) is 6. The highest BCUT2D eigenvalue weighted by Crippen LogP contribution is 2.15. The Hall–Kier alpha value is -2.92. The fourth-order valence-corrected chi connectivity index (χ4v) is 4.87. The first-order chi connectivity index (χ1) is 17.6. The minimum Gasteiger partial charge on any atom is -0.378 e. The van der Waals surface area contributed by atoms with Crippen LogP contribution in [0.5, 0.6) is 0 Å². The van der Waals surface area contributed by atoms with E-state index in [1.165, 1.54) is 0 Å². The number of aromatic nitrogens is 2. The molecule has 2 fully saturated rings. The number of fused-ring (bicyclic) bond motifs is 4. The lowest BCUT2D eigenvalue weighted by Crippen LogP contribution is -2.46. The average molecular weight is 495 g/mol. The molecular weight excluding hydrogens is 460 g/mol. The van der Waals surface area contributed by atoms with Crippen LogP contribution in [-0.2, 0) is 45.2 Å². The first-order valence-electron chi connectivity index (χ1n) is 12.7. The maximum atomic E-state index is 13.0. The van der Waals surface area contributed by atoms with Crippen molar-refractivity contribution in [1.82, 2.24) is 29.6 Å². The van der Waals surface area contributed by atoms with Crippen molar-refractivity contribution < 1.29 is 19.1 Å². The van der Waals surface area contributed by atoms with Crippen molar-refractivity contribution in [3.63, 3.8) is 0 Å². The van der Waals surface area contributed by atoms with E-state index in [1.807, 2.05) is 46.2 Å². The van der Waals surface area contributed by atoms with Gasteiger partial charge >= 0.3 is 0 Å². The summed E-state index contributed by atoms with van der Waals surface area (Å²) in [7, 11) is 0. The Labute approximate surface area is 211 Å². The standard InChI is InChI=1S/C26H34N6O4/c33-25(31-7-11-35-12-8-31)19-29-15-21-3-1-4-22(27-21)16-30(18-24-6-2-5-23(17-29)28-24)20-26(34)32-9-13-36-14-10-32/h1-6H,7-20H2. The summed E-state index contributed by atoms with van der Waals surface area (Å²) in [6, 6.07) is 12.0. The van der Waals surface area contributed by atoms with E-state index in [-0.39, 0.29) is 11.8 Å². The smallest absolute Gasteiger partial charge is 0.236 e. The molecular formula is C26H34N6O4. The summed E-state index contributed by atoms with van der Waals surface area (Å²) < 4.78 is 10.8. The minimum absolute atomic E-state index is 0.102. The molecule has 3 aliphatic rings. The third-order valence-electron chi connectivity index (χ3n) is 6.72. The Kier molecular flexibility index (Phi) is 8.17. The van der Waals surface area contributed by atoms with Crippen LogP contribution in [-0.4, -0.2) is 107 Å². The van der Waals surface area contributed by atoms with Crippen LogP contribution in [0.3, 0.4) is 0 Å². The van der Waals surface area contributed by atoms with Crippen molar-refractivity contribution in [2.45, 2.75) is 26.2 Å². The number of carbonyl (C=O) groups is 2. The van der Waals surface area contributed by atoms with Gasteiger partial charge in [-0.05, 0) is 24.3 Å². The van der Waals surface area contributed by atoms with E-state index in [2.05, 4.69) is 9.80 Å². The average Bonchev–Trinajstić information content (AvgIpc) is 2.89. The molecule has 0 saturated carbocycles. The van der Waals surface area contributed by atoms with Gasteiger partial charge in [-0.1, -0.05) is 12.1 Å². The molecule has 192 valence electrons. The number of hydrogen-bond acceptors (Lipinski definition) is 8. The summed E-state index contributed by atoms with van der Waals surface area (Å²) >= 11 is 0. The van der Waals surface area contributed by atoms with Crippen molar-refractivity contribution in [3.05, 3.63) is 59.2 Å². The Morgan fingerprint density at radius 3 is 1.28 bits per heavy atom. The second kappa shape index (κ2) is 11.9. The Morgan fingerprint density at radius 1 is 0.611 bits per heavy atom. The van der Waals surface area contributed by atoms with Crippen molar-refractivity contribution in [2.24, 2.45) is 0 Å². The van der Waals surface area contributed by atoms with Gasteiger partial charge in [0, 0.05) is 52.4 Å². The number of amides is 2. The van der Waals surface area contributed by atoms with Crippen molar-refractivity contribution in [1.29, 1.82) is 0 Å². The second-order valence-corrected chi connectivity index (χ2v) is 9.52. The van der Waals surface area contributed by atoms with Crippen molar-refractivity contribution in [2.75, 3.05) is 65.7 Å². The van der Waals surface area contributed by atoms with E-state index in [0.29, 0.717) is 91.9 Å². The van der Waals surface area contributed by atoms with E-state index < -0.39 is 0 Å². The SMILES string of the molecule is O=C(CN1Cc2cccc(n2)CN(CC(=O)N2CCOCC2)Cc2cccc(n2)C1)N1CCOCC1. The molecule has 0 spiro atoms. The normalized spacial score (nSPS) is 19.9. The molecule has 4 bridgehead atoms. The van der Waals surface area contributed by atoms with E-state index in [4.69, 9.17) is 19.4 Å². The molecule has 3 aliphatic heterocycles. The predicted molar refractivity (Wildman–Crippen MR) is 132 cm³/mol. The Morgan fingerprint density at radius 2 is 0.944 bits per heavy atom. The van der Waals surface area contributed by atoms with E-state index >= 15 is 0 Å². The van der Waals surface area contributed by atoms with Crippen molar-refractivity contribution in [3.8, 4) is 0 Å². The van der Waals surface area contributed by atoms with Crippen LogP contribution in [0.1, 0.15) is 22.8 Å². The van der Waals surface area contributed by atoms with Crippen LogP contribution in [0.15, 0.2) is 36.4 Å². The number of carbonyl (C=O) groups excluding carboxylic acids is 2. The zero-order chi connectivity index (χ0) is 24.7. The summed E-state index contributed by atoms with van der Waals surface area (Å²) in [5.74, 6) is 0.205. The molecule has 0 N–H and O–H groups in total. The predicted octanol–water partition coefficient (Wildman–Crippen LogP) is 0.512. The van der Waals surface area contributed by atoms with Crippen LogP contribution in [0.2, 0.25) is 0 Å². The molecule has 0 atom stereocenters. The number of rotatable bonds is 4. The molecule has 2 amide bonds. The van der Waals surface area contributed by atoms with Gasteiger partial charge in [0.1, 0.15) is 0 Å². The summed E-state index contributed by atoms with van der Waals surface area (Å²) in [4.78, 5) is 43.7. The molecule has 10 heteroatoms. The lowest BCUT2D eigenvalue weighted by molar-refractivity contribution is -0.137. The third-order valence-corrected chi connectivity index (χ3v) is 6.72. The van der Waals surface area contributed by atoms with Crippen molar-refractivity contribution >= 4 is 11.8 Å².